The molecule has 0 fully saturated rings. The van der Waals surface area contributed by atoms with E-state index in [-0.39, 0.29) is 24.3 Å². The van der Waals surface area contributed by atoms with Crippen LogP contribution in [0, 0.1) is 5.82 Å². The van der Waals surface area contributed by atoms with Crippen molar-refractivity contribution in [3.63, 3.8) is 0 Å². The summed E-state index contributed by atoms with van der Waals surface area (Å²) >= 11 is 0. The summed E-state index contributed by atoms with van der Waals surface area (Å²) in [6, 6.07) is 1.86. The number of benzene rings is 1. The lowest BCUT2D eigenvalue weighted by atomic mass is 10.1. The van der Waals surface area contributed by atoms with Gasteiger partial charge in [-0.3, -0.25) is 0 Å². The summed E-state index contributed by atoms with van der Waals surface area (Å²) in [6.45, 7) is 0.149. The van der Waals surface area contributed by atoms with Gasteiger partial charge in [0.1, 0.15) is 5.75 Å². The van der Waals surface area contributed by atoms with Gasteiger partial charge in [-0.1, -0.05) is 0 Å². The average Bonchev–Trinajstić information content (AvgIpc) is 2.20. The maximum Gasteiger partial charge on any atom is 0.168 e. The normalized spacial score (nSPS) is 18.1. The molecule has 2 N–H and O–H groups in total. The summed E-state index contributed by atoms with van der Waals surface area (Å²) in [7, 11) is -5.56. The number of methoxy groups -OCH3 is 2. The van der Waals surface area contributed by atoms with Crippen molar-refractivity contribution in [1.82, 2.24) is 0 Å². The molecule has 3 nitrogen and oxygen atoms in total. The summed E-state index contributed by atoms with van der Waals surface area (Å²) in [5, 5.41) is 0. The van der Waals surface area contributed by atoms with Gasteiger partial charge in [0, 0.05) is 6.07 Å². The Kier molecular flexibility index (Phi) is 1.71. The van der Waals surface area contributed by atoms with Gasteiger partial charge in [0.15, 0.2) is 11.6 Å². The van der Waals surface area contributed by atoms with Crippen LogP contribution < -0.4 is 15.2 Å². The van der Waals surface area contributed by atoms with E-state index < -0.39 is 25.6 Å². The van der Waals surface area contributed by atoms with Gasteiger partial charge >= 0.3 is 0 Å². The van der Waals surface area contributed by atoms with Crippen LogP contribution in [0.1, 0.15) is 13.8 Å². The number of halogens is 1. The zero-order chi connectivity index (χ0) is 15.6. The molecular weight excluding hydrogens is 185 g/mol. The van der Waals surface area contributed by atoms with Crippen LogP contribution in [-0.2, 0) is 6.42 Å². The quantitative estimate of drug-likeness (QED) is 0.806. The van der Waals surface area contributed by atoms with Crippen LogP contribution in [0.25, 0.3) is 0 Å². The predicted octanol–water partition coefficient (Wildman–Crippen LogP) is 1.34. The fraction of sp³-hybridized carbons (Fsp3) is 0.400. The molecule has 78 valence electrons. The molecular formula is C10H14FNO2. The minimum Gasteiger partial charge on any atom is -0.496 e. The number of hydrogen-bond donors (Lipinski definition) is 1. The second kappa shape index (κ2) is 4.81. The van der Waals surface area contributed by atoms with Crippen molar-refractivity contribution in [3.8, 4) is 11.5 Å². The molecule has 0 aromatic heterocycles. The van der Waals surface area contributed by atoms with Gasteiger partial charge in [-0.15, -0.1) is 0 Å². The molecule has 0 aliphatic rings. The number of ether oxygens (including phenoxy) is 2. The van der Waals surface area contributed by atoms with Crippen LogP contribution in [0.2, 0.25) is 0 Å². The van der Waals surface area contributed by atoms with Crippen molar-refractivity contribution in [2.45, 2.75) is 6.42 Å². The molecule has 0 saturated carbocycles. The third-order valence-corrected chi connectivity index (χ3v) is 1.75. The van der Waals surface area contributed by atoms with Crippen LogP contribution in [0.4, 0.5) is 4.39 Å². The van der Waals surface area contributed by atoms with Crippen LogP contribution in [0.3, 0.4) is 0 Å². The van der Waals surface area contributed by atoms with Gasteiger partial charge in [-0.2, -0.15) is 0 Å². The monoisotopic (exact) mass is 205 g/mol. The molecule has 14 heavy (non-hydrogen) atoms. The maximum absolute atomic E-state index is 13.7. The van der Waals surface area contributed by atoms with Gasteiger partial charge in [0.05, 0.1) is 22.3 Å². The molecule has 0 aliphatic heterocycles. The SMILES string of the molecule is [2H]C([2H])([2H])Oc1cc(CCN)c(OC([2H])([2H])[2H])cc1F. The molecule has 0 unspecified atom stereocenters. The van der Waals surface area contributed by atoms with E-state index in [0.717, 1.165) is 12.1 Å². The lowest BCUT2D eigenvalue weighted by Crippen LogP contribution is -2.05. The summed E-state index contributed by atoms with van der Waals surface area (Å²) in [4.78, 5) is 0. The average molecular weight is 205 g/mol. The smallest absolute Gasteiger partial charge is 0.168 e. The lowest BCUT2D eigenvalue weighted by molar-refractivity contribution is 0.374. The second-order valence-electron chi connectivity index (χ2n) is 2.63. The van der Waals surface area contributed by atoms with E-state index >= 15 is 0 Å². The first kappa shape index (κ1) is 4.98. The minimum absolute atomic E-state index is 0.149. The molecule has 4 heteroatoms. The van der Waals surface area contributed by atoms with Gasteiger partial charge in [-0.05, 0) is 24.6 Å². The van der Waals surface area contributed by atoms with Gasteiger partial charge < -0.3 is 15.2 Å². The summed E-state index contributed by atoms with van der Waals surface area (Å²) in [6.07, 6.45) is 0.184. The minimum atomic E-state index is -2.81. The van der Waals surface area contributed by atoms with E-state index in [2.05, 4.69) is 9.47 Å². The van der Waals surface area contributed by atoms with Crippen molar-refractivity contribution in [2.24, 2.45) is 5.73 Å². The molecule has 1 aromatic rings. The van der Waals surface area contributed by atoms with Crippen molar-refractivity contribution >= 4 is 0 Å². The molecule has 0 atom stereocenters. The van der Waals surface area contributed by atoms with E-state index in [1.54, 1.807) is 0 Å². The highest BCUT2D eigenvalue weighted by molar-refractivity contribution is 5.41. The fourth-order valence-corrected chi connectivity index (χ4v) is 1.10. The van der Waals surface area contributed by atoms with Crippen molar-refractivity contribution in [3.05, 3.63) is 23.5 Å². The number of hydrogen-bond acceptors (Lipinski definition) is 3. The molecule has 0 heterocycles. The van der Waals surface area contributed by atoms with E-state index in [9.17, 15) is 4.39 Å². The highest BCUT2D eigenvalue weighted by atomic mass is 19.1. The third-order valence-electron chi connectivity index (χ3n) is 1.75. The number of nitrogens with two attached hydrogens (primary N) is 1. The van der Waals surface area contributed by atoms with E-state index in [1.807, 2.05) is 0 Å². The van der Waals surface area contributed by atoms with Crippen LogP contribution in [0.5, 0.6) is 11.5 Å². The fourth-order valence-electron chi connectivity index (χ4n) is 1.10. The Balaban J connectivity index is 3.17. The van der Waals surface area contributed by atoms with Crippen molar-refractivity contribution < 1.29 is 22.1 Å². The third kappa shape index (κ3) is 2.14. The first-order valence-electron chi connectivity index (χ1n) is 6.92. The van der Waals surface area contributed by atoms with E-state index in [4.69, 9.17) is 14.0 Å². The molecule has 0 amide bonds. The topological polar surface area (TPSA) is 44.5 Å². The van der Waals surface area contributed by atoms with Gasteiger partial charge in [0.2, 0.25) is 0 Å². The Bertz CT molecular complexity index is 474. The molecule has 0 saturated heterocycles. The van der Waals surface area contributed by atoms with E-state index in [1.165, 1.54) is 0 Å². The Labute approximate surface area is 91.1 Å². The van der Waals surface area contributed by atoms with Crippen LogP contribution in [0.15, 0.2) is 12.1 Å². The van der Waals surface area contributed by atoms with Crippen LogP contribution >= 0.6 is 0 Å². The highest BCUT2D eigenvalue weighted by Crippen LogP contribution is 2.27. The van der Waals surface area contributed by atoms with Crippen LogP contribution in [-0.4, -0.2) is 20.6 Å². The molecule has 0 bridgehead atoms. The maximum atomic E-state index is 13.7. The molecule has 1 aromatic carbocycles. The second-order valence-corrected chi connectivity index (χ2v) is 2.63. The molecule has 1 rings (SSSR count). The Morgan fingerprint density at radius 1 is 1.36 bits per heavy atom. The van der Waals surface area contributed by atoms with Gasteiger partial charge in [0.25, 0.3) is 0 Å². The zero-order valence-corrected chi connectivity index (χ0v) is 7.34. The van der Waals surface area contributed by atoms with Crippen molar-refractivity contribution in [1.29, 1.82) is 0 Å². The molecule has 0 aliphatic carbocycles. The predicted molar refractivity (Wildman–Crippen MR) is 52.3 cm³/mol. The van der Waals surface area contributed by atoms with Crippen molar-refractivity contribution in [2.75, 3.05) is 20.6 Å². The summed E-state index contributed by atoms with van der Waals surface area (Å²) < 4.78 is 64.7. The Morgan fingerprint density at radius 2 is 2.07 bits per heavy atom. The first-order valence-corrected chi connectivity index (χ1v) is 3.92. The highest BCUT2D eigenvalue weighted by Gasteiger charge is 2.09. The van der Waals surface area contributed by atoms with E-state index in [0.29, 0.717) is 0 Å². The zero-order valence-electron chi connectivity index (χ0n) is 13.3. The number of rotatable bonds is 4. The Hall–Kier alpha value is -1.29. The molecule has 0 spiro atoms. The Morgan fingerprint density at radius 3 is 2.71 bits per heavy atom. The molecule has 0 radical (unpaired) electrons. The standard InChI is InChI=1S/C10H14FNO2/c1-13-9-6-8(11)10(14-2)5-7(9)3-4-12/h5-6H,3-4,12H2,1-2H3/i1D3,2D3. The summed E-state index contributed by atoms with van der Waals surface area (Å²) in [5.41, 5.74) is 5.62. The lowest BCUT2D eigenvalue weighted by Gasteiger charge is -2.10. The largest absolute Gasteiger partial charge is 0.496 e. The summed E-state index contributed by atoms with van der Waals surface area (Å²) in [5.74, 6) is -1.75. The first-order chi connectivity index (χ1) is 9.02. The van der Waals surface area contributed by atoms with Gasteiger partial charge in [-0.25, -0.2) is 4.39 Å².